The van der Waals surface area contributed by atoms with E-state index >= 15 is 0 Å². The van der Waals surface area contributed by atoms with Crippen LogP contribution in [0.4, 0.5) is 5.82 Å². The van der Waals surface area contributed by atoms with Gasteiger partial charge in [0, 0.05) is 54.6 Å². The van der Waals surface area contributed by atoms with Crippen molar-refractivity contribution in [3.8, 4) is 0 Å². The number of hydrogen-bond donors (Lipinski definition) is 1. The highest BCUT2D eigenvalue weighted by molar-refractivity contribution is 7.09. The molecule has 0 aromatic carbocycles. The van der Waals surface area contributed by atoms with Crippen LogP contribution in [-0.2, 0) is 13.1 Å². The summed E-state index contributed by atoms with van der Waals surface area (Å²) >= 11 is 1.73. The molecule has 7 nitrogen and oxygen atoms in total. The first-order valence-electron chi connectivity index (χ1n) is 10.3. The first-order valence-corrected chi connectivity index (χ1v) is 11.2. The first kappa shape index (κ1) is 19.1. The van der Waals surface area contributed by atoms with Gasteiger partial charge < -0.3 is 5.32 Å². The van der Waals surface area contributed by atoms with Gasteiger partial charge in [0.05, 0.1) is 18.4 Å². The van der Waals surface area contributed by atoms with Crippen molar-refractivity contribution in [1.29, 1.82) is 0 Å². The Labute approximate surface area is 179 Å². The fraction of sp³-hybridized carbons (Fsp3) is 0.364. The number of hydrogen-bond acceptors (Lipinski definition) is 7. The molecule has 1 saturated heterocycles. The minimum atomic E-state index is 0.414. The van der Waals surface area contributed by atoms with Crippen LogP contribution in [0.15, 0.2) is 48.4 Å². The zero-order valence-electron chi connectivity index (χ0n) is 17.0. The van der Waals surface area contributed by atoms with Crippen LogP contribution in [0.5, 0.6) is 0 Å². The average Bonchev–Trinajstić information content (AvgIpc) is 3.43. The maximum absolute atomic E-state index is 5.01. The van der Waals surface area contributed by atoms with Crippen molar-refractivity contribution >= 4 is 22.8 Å². The zero-order chi connectivity index (χ0) is 20.3. The lowest BCUT2D eigenvalue weighted by Gasteiger charge is -2.32. The Morgan fingerprint density at radius 1 is 1.27 bits per heavy atom. The number of nitrogens with zero attached hydrogens (tertiary/aromatic N) is 6. The van der Waals surface area contributed by atoms with Crippen LogP contribution in [0, 0.1) is 6.92 Å². The molecule has 0 aliphatic carbocycles. The van der Waals surface area contributed by atoms with Gasteiger partial charge in [-0.2, -0.15) is 9.61 Å². The molecule has 1 fully saturated rings. The maximum atomic E-state index is 5.01. The smallest absolute Gasteiger partial charge is 0.160 e. The Kier molecular flexibility index (Phi) is 5.42. The number of aromatic nitrogens is 5. The van der Waals surface area contributed by atoms with Crippen molar-refractivity contribution in [3.05, 3.63) is 70.2 Å². The van der Waals surface area contributed by atoms with Crippen LogP contribution in [0.2, 0.25) is 0 Å². The molecule has 8 heteroatoms. The molecule has 5 rings (SSSR count). The van der Waals surface area contributed by atoms with Crippen LogP contribution in [0.3, 0.4) is 0 Å². The molecule has 0 spiro atoms. The van der Waals surface area contributed by atoms with Crippen molar-refractivity contribution in [2.24, 2.45) is 0 Å². The first-order chi connectivity index (χ1) is 14.8. The maximum Gasteiger partial charge on any atom is 0.160 e. The molecule has 1 aliphatic heterocycles. The van der Waals surface area contributed by atoms with Gasteiger partial charge in [-0.15, -0.1) is 11.3 Å². The van der Waals surface area contributed by atoms with E-state index in [4.69, 9.17) is 4.98 Å². The molecule has 154 valence electrons. The van der Waals surface area contributed by atoms with Crippen LogP contribution < -0.4 is 5.32 Å². The molecule has 4 aromatic heterocycles. The van der Waals surface area contributed by atoms with Crippen molar-refractivity contribution in [2.45, 2.75) is 38.8 Å². The monoisotopic (exact) mass is 419 g/mol. The van der Waals surface area contributed by atoms with Crippen LogP contribution in [0.1, 0.15) is 40.6 Å². The lowest BCUT2D eigenvalue weighted by molar-refractivity contribution is 0.198. The summed E-state index contributed by atoms with van der Waals surface area (Å²) in [5.41, 5.74) is 4.30. The molecule has 0 amide bonds. The van der Waals surface area contributed by atoms with Gasteiger partial charge in [-0.1, -0.05) is 6.07 Å². The summed E-state index contributed by atoms with van der Waals surface area (Å²) in [4.78, 5) is 16.2. The van der Waals surface area contributed by atoms with Gasteiger partial charge in [-0.25, -0.2) is 9.97 Å². The van der Waals surface area contributed by atoms with Crippen molar-refractivity contribution < 1.29 is 0 Å². The van der Waals surface area contributed by atoms with Crippen LogP contribution >= 0.6 is 11.3 Å². The van der Waals surface area contributed by atoms with Crippen molar-refractivity contribution in [3.63, 3.8) is 0 Å². The van der Waals surface area contributed by atoms with Gasteiger partial charge in [-0.05, 0) is 37.9 Å². The minimum Gasteiger partial charge on any atom is -0.366 e. The second-order valence-electron chi connectivity index (χ2n) is 7.84. The van der Waals surface area contributed by atoms with E-state index in [1.54, 1.807) is 17.5 Å². The van der Waals surface area contributed by atoms with E-state index < -0.39 is 0 Å². The van der Waals surface area contributed by atoms with Crippen LogP contribution in [-0.4, -0.2) is 42.6 Å². The van der Waals surface area contributed by atoms with E-state index in [9.17, 15) is 0 Å². The summed E-state index contributed by atoms with van der Waals surface area (Å²) in [5.74, 6) is 1.39. The summed E-state index contributed by atoms with van der Waals surface area (Å²) < 4.78 is 1.91. The molecule has 0 radical (unpaired) electrons. The van der Waals surface area contributed by atoms with Gasteiger partial charge in [0.15, 0.2) is 5.65 Å². The van der Waals surface area contributed by atoms with Gasteiger partial charge in [0.1, 0.15) is 10.8 Å². The van der Waals surface area contributed by atoms with E-state index in [0.717, 1.165) is 54.3 Å². The Balaban J connectivity index is 1.40. The minimum absolute atomic E-state index is 0.414. The third-order valence-electron chi connectivity index (χ3n) is 5.63. The number of piperidine rings is 1. The lowest BCUT2D eigenvalue weighted by Crippen LogP contribution is -2.34. The summed E-state index contributed by atoms with van der Waals surface area (Å²) in [6.45, 7) is 5.83. The molecule has 5 heterocycles. The summed E-state index contributed by atoms with van der Waals surface area (Å²) in [7, 11) is 0. The molecule has 1 N–H and O–H groups in total. The summed E-state index contributed by atoms with van der Waals surface area (Å²) in [5, 5.41) is 11.3. The van der Waals surface area contributed by atoms with Gasteiger partial charge in [-0.3, -0.25) is 9.88 Å². The second kappa shape index (κ2) is 8.49. The van der Waals surface area contributed by atoms with E-state index in [0.29, 0.717) is 12.5 Å². The fourth-order valence-corrected chi connectivity index (χ4v) is 4.74. The van der Waals surface area contributed by atoms with Gasteiger partial charge in [0.2, 0.25) is 0 Å². The molecule has 4 aromatic rings. The molecule has 1 aliphatic rings. The standard InChI is InChI=1S/C22H25N7S/c1-16-11-26-29-20(25-13-17-4-2-6-23-12-17)10-19(27-22(16)29)18-5-3-8-28(14-18)15-21-24-7-9-30-21/h2,4,6-7,9-12,18,25H,3,5,8,13-15H2,1H3. The lowest BCUT2D eigenvalue weighted by atomic mass is 9.94. The average molecular weight is 420 g/mol. The number of thiazole rings is 1. The van der Waals surface area contributed by atoms with E-state index in [1.807, 2.05) is 29.2 Å². The number of nitrogens with one attached hydrogen (secondary N) is 1. The molecule has 1 atom stereocenters. The highest BCUT2D eigenvalue weighted by Crippen LogP contribution is 2.29. The zero-order valence-corrected chi connectivity index (χ0v) is 17.8. The Morgan fingerprint density at radius 3 is 3.07 bits per heavy atom. The van der Waals surface area contributed by atoms with E-state index in [1.165, 1.54) is 11.4 Å². The number of likely N-dealkylation sites (tertiary alicyclic amines) is 1. The number of aryl methyl sites for hydroxylation is 1. The predicted molar refractivity (Wildman–Crippen MR) is 119 cm³/mol. The highest BCUT2D eigenvalue weighted by atomic mass is 32.1. The van der Waals surface area contributed by atoms with Crippen molar-refractivity contribution in [1.82, 2.24) is 29.5 Å². The molecular weight excluding hydrogens is 394 g/mol. The molecule has 0 bridgehead atoms. The molecule has 0 saturated carbocycles. The largest absolute Gasteiger partial charge is 0.366 e. The molecule has 30 heavy (non-hydrogen) atoms. The fourth-order valence-electron chi connectivity index (χ4n) is 4.08. The third kappa shape index (κ3) is 4.06. The topological polar surface area (TPSA) is 71.2 Å². The Morgan fingerprint density at radius 2 is 2.23 bits per heavy atom. The van der Waals surface area contributed by atoms with Gasteiger partial charge >= 0.3 is 0 Å². The number of anilines is 1. The van der Waals surface area contributed by atoms with Gasteiger partial charge in [0.25, 0.3) is 0 Å². The quantitative estimate of drug-likeness (QED) is 0.511. The second-order valence-corrected chi connectivity index (χ2v) is 8.82. The summed E-state index contributed by atoms with van der Waals surface area (Å²) in [6.07, 6.45) is 9.80. The predicted octanol–water partition coefficient (Wildman–Crippen LogP) is 3.88. The normalized spacial score (nSPS) is 17.4. The van der Waals surface area contributed by atoms with Crippen LogP contribution in [0.25, 0.3) is 5.65 Å². The third-order valence-corrected chi connectivity index (χ3v) is 6.39. The highest BCUT2D eigenvalue weighted by Gasteiger charge is 2.24. The molecular formula is C22H25N7S. The van der Waals surface area contributed by atoms with E-state index in [-0.39, 0.29) is 0 Å². The Bertz CT molecular complexity index is 1110. The number of pyridine rings is 1. The summed E-state index contributed by atoms with van der Waals surface area (Å²) in [6, 6.07) is 6.21. The number of fused-ring (bicyclic) bond motifs is 1. The molecule has 1 unspecified atom stereocenters. The van der Waals surface area contributed by atoms with Crippen molar-refractivity contribution in [2.75, 3.05) is 18.4 Å². The Hall–Kier alpha value is -2.84. The SMILES string of the molecule is Cc1cnn2c(NCc3cccnc3)cc(C3CCCN(Cc4nccs4)C3)nc12. The number of rotatable bonds is 6. The van der Waals surface area contributed by atoms with E-state index in [2.05, 4.69) is 49.7 Å².